The van der Waals surface area contributed by atoms with Crippen molar-refractivity contribution >= 4 is 0 Å². The molecule has 136 valence electrons. The van der Waals surface area contributed by atoms with Gasteiger partial charge in [0.05, 0.1) is 20.3 Å². The summed E-state index contributed by atoms with van der Waals surface area (Å²) in [4.78, 5) is 33.0. The first kappa shape index (κ1) is 74.0. The van der Waals surface area contributed by atoms with Crippen molar-refractivity contribution < 1.29 is 73.9 Å². The van der Waals surface area contributed by atoms with Crippen LogP contribution in [0.2, 0.25) is 0 Å². The Bertz CT molecular complexity index is 161. The van der Waals surface area contributed by atoms with E-state index in [2.05, 4.69) is 0 Å². The number of hydrogen-bond acceptors (Lipinski definition) is 12. The Kier molecular flexibility index (Phi) is 211. The molecule has 0 aliphatic carbocycles. The van der Waals surface area contributed by atoms with Crippen LogP contribution >= 0.6 is 0 Å². The molecule has 0 unspecified atom stereocenters. The molecule has 10 N–H and O–H groups in total. The largest absolute Gasteiger partial charge is 4.00 e. The average molecular weight is 429 g/mol. The average Bonchev–Trinajstić information content (AvgIpc) is 1.76. The van der Waals surface area contributed by atoms with Crippen LogP contribution in [0, 0.1) is 61.3 Å². The zero-order valence-electron chi connectivity index (χ0n) is 9.69. The summed E-state index contributed by atoms with van der Waals surface area (Å²) in [7, 11) is 0. The van der Waals surface area contributed by atoms with Gasteiger partial charge in [-0.15, -0.1) is 0 Å². The van der Waals surface area contributed by atoms with E-state index in [-0.39, 0.29) is 53.6 Å². The molecule has 0 amide bonds. The summed E-state index contributed by atoms with van der Waals surface area (Å²) in [5.41, 5.74) is 0. The van der Waals surface area contributed by atoms with Crippen LogP contribution in [-0.2, 0) is 26.2 Å². The monoisotopic (exact) mass is 428 g/mol. The molecular weight excluding hydrogens is 419 g/mol. The molecule has 0 radical (unpaired) electrons. The summed E-state index contributed by atoms with van der Waals surface area (Å²) in [6, 6.07) is 0. The van der Waals surface area contributed by atoms with E-state index in [1.54, 1.807) is 0 Å². The SMILES string of the molecule is O.O.O.O.O.O=[N+]([O-])[O-].O=[N+]([O-])[O-].O=[N+]([O-])[O-].O=[N+]([O-])[O-].[Zr+4]. The maximum Gasteiger partial charge on any atom is 4.00 e. The van der Waals surface area contributed by atoms with Crippen molar-refractivity contribution in [2.45, 2.75) is 0 Å². The molecule has 22 heteroatoms. The Morgan fingerprint density at radius 1 is 0.364 bits per heavy atom. The van der Waals surface area contributed by atoms with Gasteiger partial charge in [-0.25, -0.2) is 0 Å². The van der Waals surface area contributed by atoms with E-state index in [1.165, 1.54) is 0 Å². The molecule has 0 aromatic rings. The van der Waals surface area contributed by atoms with Crippen LogP contribution in [0.25, 0.3) is 0 Å². The van der Waals surface area contributed by atoms with E-state index in [1.807, 2.05) is 0 Å². The topological polar surface area (TPSA) is 422 Å². The van der Waals surface area contributed by atoms with Crippen LogP contribution < -0.4 is 0 Å². The predicted octanol–water partition coefficient (Wildman–Crippen LogP) is -5.08. The molecule has 0 saturated heterocycles. The maximum absolute atomic E-state index is 8.25. The number of rotatable bonds is 0. The Morgan fingerprint density at radius 2 is 0.364 bits per heavy atom. The molecule has 0 spiro atoms. The fraction of sp³-hybridized carbons (Fsp3) is 0. The zero-order chi connectivity index (χ0) is 14.3. The Morgan fingerprint density at radius 3 is 0.364 bits per heavy atom. The summed E-state index contributed by atoms with van der Waals surface area (Å²) in [6.07, 6.45) is 0. The van der Waals surface area contributed by atoms with Gasteiger partial charge in [0.15, 0.2) is 0 Å². The van der Waals surface area contributed by atoms with Gasteiger partial charge in [0, 0.05) is 0 Å². The third-order valence-corrected chi connectivity index (χ3v) is 0. The molecule has 0 atom stereocenters. The molecule has 0 aromatic carbocycles. The predicted molar refractivity (Wildman–Crippen MR) is 59.5 cm³/mol. The van der Waals surface area contributed by atoms with Gasteiger partial charge in [-0.2, -0.15) is 0 Å². The number of hydrogen-bond donors (Lipinski definition) is 0. The summed E-state index contributed by atoms with van der Waals surface area (Å²) in [6.45, 7) is 0. The Balaban J connectivity index is -0.00000001000. The second-order valence-electron chi connectivity index (χ2n) is 0.894. The van der Waals surface area contributed by atoms with Crippen LogP contribution in [-0.4, -0.2) is 47.7 Å². The molecule has 0 saturated carbocycles. The molecular formula is H10N4O17Zr. The van der Waals surface area contributed by atoms with Gasteiger partial charge >= 0.3 is 26.2 Å². The van der Waals surface area contributed by atoms with Crippen molar-refractivity contribution in [3.8, 4) is 0 Å². The van der Waals surface area contributed by atoms with E-state index >= 15 is 0 Å². The third kappa shape index (κ3) is 750. The second kappa shape index (κ2) is 62.8. The Labute approximate surface area is 136 Å². The smallest absolute Gasteiger partial charge is 0.412 e. The van der Waals surface area contributed by atoms with Crippen molar-refractivity contribution in [3.63, 3.8) is 0 Å². The van der Waals surface area contributed by atoms with Gasteiger partial charge in [-0.1, -0.05) is 0 Å². The zero-order valence-corrected chi connectivity index (χ0v) is 12.1. The second-order valence-corrected chi connectivity index (χ2v) is 0.894. The minimum Gasteiger partial charge on any atom is -0.412 e. The third-order valence-electron chi connectivity index (χ3n) is 0. The summed E-state index contributed by atoms with van der Waals surface area (Å²) >= 11 is 0. The fourth-order valence-corrected chi connectivity index (χ4v) is 0. The molecule has 0 heterocycles. The first-order valence-corrected chi connectivity index (χ1v) is 2.19. The molecule has 0 aliphatic rings. The standard InChI is InChI=1S/4NO3.5H2O.Zr/c4*2-1(3)4;;;;;;/h;;;;5*1H2;/q4*-1;;;;;;+4. The summed E-state index contributed by atoms with van der Waals surface area (Å²) in [5.74, 6) is 0. The van der Waals surface area contributed by atoms with Crippen LogP contribution in [0.3, 0.4) is 0 Å². The van der Waals surface area contributed by atoms with Crippen LogP contribution in [0.1, 0.15) is 0 Å². The van der Waals surface area contributed by atoms with Crippen LogP contribution in [0.4, 0.5) is 0 Å². The van der Waals surface area contributed by atoms with Crippen molar-refractivity contribution in [3.05, 3.63) is 61.3 Å². The Hall–Kier alpha value is -2.52. The molecule has 0 rings (SSSR count). The molecule has 0 aromatic heterocycles. The van der Waals surface area contributed by atoms with Gasteiger partial charge < -0.3 is 88.7 Å². The van der Waals surface area contributed by atoms with Crippen LogP contribution in [0.15, 0.2) is 0 Å². The van der Waals surface area contributed by atoms with E-state index in [4.69, 9.17) is 61.3 Å². The first-order valence-electron chi connectivity index (χ1n) is 2.19. The fourth-order valence-electron chi connectivity index (χ4n) is 0. The van der Waals surface area contributed by atoms with Crippen molar-refractivity contribution in [2.75, 3.05) is 0 Å². The van der Waals surface area contributed by atoms with Gasteiger partial charge in [0.25, 0.3) is 0 Å². The molecule has 0 aliphatic heterocycles. The molecule has 21 nitrogen and oxygen atoms in total. The summed E-state index contributed by atoms with van der Waals surface area (Å²) < 4.78 is 0. The van der Waals surface area contributed by atoms with Crippen molar-refractivity contribution in [1.29, 1.82) is 0 Å². The van der Waals surface area contributed by atoms with E-state index in [0.29, 0.717) is 0 Å². The minimum absolute atomic E-state index is 0. The summed E-state index contributed by atoms with van der Waals surface area (Å²) in [5, 5.41) is 59.0. The van der Waals surface area contributed by atoms with Gasteiger partial charge in [0.2, 0.25) is 0 Å². The van der Waals surface area contributed by atoms with E-state index in [0.717, 1.165) is 0 Å². The number of nitrogens with zero attached hydrogens (tertiary/aromatic N) is 4. The van der Waals surface area contributed by atoms with Gasteiger partial charge in [0.1, 0.15) is 0 Å². The van der Waals surface area contributed by atoms with Crippen molar-refractivity contribution in [1.82, 2.24) is 0 Å². The van der Waals surface area contributed by atoms with Crippen LogP contribution in [0.5, 0.6) is 0 Å². The molecule has 22 heavy (non-hydrogen) atoms. The van der Waals surface area contributed by atoms with Gasteiger partial charge in [-0.05, 0) is 0 Å². The van der Waals surface area contributed by atoms with Crippen molar-refractivity contribution in [2.24, 2.45) is 0 Å². The normalized spacial score (nSPS) is 4.36. The molecule has 0 bridgehead atoms. The quantitative estimate of drug-likeness (QED) is 0.257. The molecule has 0 fully saturated rings. The minimum atomic E-state index is -1.75. The maximum atomic E-state index is 8.25. The van der Waals surface area contributed by atoms with E-state index in [9.17, 15) is 0 Å². The van der Waals surface area contributed by atoms with Gasteiger partial charge in [-0.3, -0.25) is 0 Å². The first-order chi connectivity index (χ1) is 6.93. The van der Waals surface area contributed by atoms with E-state index < -0.39 is 20.3 Å².